The van der Waals surface area contributed by atoms with E-state index in [1.807, 2.05) is 34.1 Å². The molecule has 0 aliphatic carbocycles. The van der Waals surface area contributed by atoms with Crippen LogP contribution in [0.25, 0.3) is 0 Å². The average molecular weight is 426 g/mol. The van der Waals surface area contributed by atoms with Crippen molar-refractivity contribution in [3.8, 4) is 5.75 Å². The highest BCUT2D eigenvalue weighted by Crippen LogP contribution is 2.33. The van der Waals surface area contributed by atoms with Gasteiger partial charge in [-0.15, -0.1) is 0 Å². The van der Waals surface area contributed by atoms with Crippen LogP contribution in [0.3, 0.4) is 0 Å². The molecule has 164 valence electrons. The summed E-state index contributed by atoms with van der Waals surface area (Å²) in [6.07, 6.45) is 2.55. The van der Waals surface area contributed by atoms with E-state index in [-0.39, 0.29) is 30.7 Å². The Morgan fingerprint density at radius 1 is 1.13 bits per heavy atom. The number of ether oxygens (including phenoxy) is 1. The number of hydrogen-bond acceptors (Lipinski definition) is 4. The van der Waals surface area contributed by atoms with E-state index in [0.29, 0.717) is 23.4 Å². The van der Waals surface area contributed by atoms with Gasteiger partial charge in [0.25, 0.3) is 5.91 Å². The zero-order valence-corrected chi connectivity index (χ0v) is 17.8. The van der Waals surface area contributed by atoms with Crippen LogP contribution in [0, 0.1) is 12.7 Å². The van der Waals surface area contributed by atoms with Gasteiger partial charge in [0.05, 0.1) is 18.8 Å². The first kappa shape index (κ1) is 21.2. The lowest BCUT2D eigenvalue weighted by Crippen LogP contribution is -2.53. The number of likely N-dealkylation sites (tertiary alicyclic amines) is 1. The Kier molecular flexibility index (Phi) is 6.39. The number of nitrogens with zero attached hydrogens (tertiary/aromatic N) is 2. The van der Waals surface area contributed by atoms with Gasteiger partial charge in [0.2, 0.25) is 5.91 Å². The summed E-state index contributed by atoms with van der Waals surface area (Å²) in [5.41, 5.74) is 2.07. The largest absolute Gasteiger partial charge is 0.477 e. The maximum Gasteiger partial charge on any atom is 0.265 e. The molecule has 6 nitrogen and oxygen atoms in total. The minimum atomic E-state index is -0.632. The maximum absolute atomic E-state index is 13.7. The molecule has 1 saturated heterocycles. The average Bonchev–Trinajstić information content (AvgIpc) is 2.80. The number of halogens is 1. The third kappa shape index (κ3) is 4.98. The van der Waals surface area contributed by atoms with E-state index >= 15 is 0 Å². The topological polar surface area (TPSA) is 61.9 Å². The van der Waals surface area contributed by atoms with Gasteiger partial charge in [0, 0.05) is 19.6 Å². The molecule has 2 aromatic carbocycles. The fourth-order valence-corrected chi connectivity index (χ4v) is 4.08. The van der Waals surface area contributed by atoms with Crippen molar-refractivity contribution in [2.45, 2.75) is 38.8 Å². The summed E-state index contributed by atoms with van der Waals surface area (Å²) in [5, 5.41) is 2.85. The molecule has 31 heavy (non-hydrogen) atoms. The molecule has 0 unspecified atom stereocenters. The third-order valence-corrected chi connectivity index (χ3v) is 5.86. The van der Waals surface area contributed by atoms with Gasteiger partial charge >= 0.3 is 0 Å². The molecule has 1 fully saturated rings. The zero-order valence-electron chi connectivity index (χ0n) is 17.8. The second-order valence-corrected chi connectivity index (χ2v) is 8.20. The van der Waals surface area contributed by atoms with Crippen molar-refractivity contribution in [3.63, 3.8) is 0 Å². The SMILES string of the molecule is Cc1ccc(CNC(=O)CN2C[C@@H](C(=O)N3CCCCC3)Oc3ccccc32)cc1F. The van der Waals surface area contributed by atoms with Gasteiger partial charge in [-0.25, -0.2) is 4.39 Å². The van der Waals surface area contributed by atoms with E-state index in [1.54, 1.807) is 19.1 Å². The number of hydrogen-bond donors (Lipinski definition) is 1. The summed E-state index contributed by atoms with van der Waals surface area (Å²) in [6.45, 7) is 3.88. The number of benzene rings is 2. The number of carbonyl (C=O) groups excluding carboxylic acids is 2. The Morgan fingerprint density at radius 3 is 2.68 bits per heavy atom. The predicted octanol–water partition coefficient (Wildman–Crippen LogP) is 3.03. The van der Waals surface area contributed by atoms with Crippen LogP contribution in [0.4, 0.5) is 10.1 Å². The van der Waals surface area contributed by atoms with E-state index in [1.165, 1.54) is 6.07 Å². The molecule has 2 heterocycles. The first-order valence-electron chi connectivity index (χ1n) is 10.8. The quantitative estimate of drug-likeness (QED) is 0.800. The number of carbonyl (C=O) groups is 2. The lowest BCUT2D eigenvalue weighted by Gasteiger charge is -2.38. The molecule has 4 rings (SSSR count). The second kappa shape index (κ2) is 9.37. The predicted molar refractivity (Wildman–Crippen MR) is 116 cm³/mol. The number of para-hydroxylation sites is 2. The van der Waals surface area contributed by atoms with Crippen LogP contribution >= 0.6 is 0 Å². The van der Waals surface area contributed by atoms with Crippen LogP contribution in [0.5, 0.6) is 5.75 Å². The van der Waals surface area contributed by atoms with E-state index < -0.39 is 6.10 Å². The molecule has 1 atom stereocenters. The van der Waals surface area contributed by atoms with Crippen molar-refractivity contribution in [2.75, 3.05) is 31.1 Å². The van der Waals surface area contributed by atoms with Crippen molar-refractivity contribution in [3.05, 3.63) is 59.4 Å². The summed E-state index contributed by atoms with van der Waals surface area (Å²) in [7, 11) is 0. The van der Waals surface area contributed by atoms with Crippen molar-refractivity contribution in [2.24, 2.45) is 0 Å². The van der Waals surface area contributed by atoms with Crippen LogP contribution in [0.1, 0.15) is 30.4 Å². The molecule has 2 aliphatic heterocycles. The molecule has 0 saturated carbocycles. The molecule has 1 N–H and O–H groups in total. The van der Waals surface area contributed by atoms with Crippen LogP contribution in [0.2, 0.25) is 0 Å². The molecule has 2 aromatic rings. The number of amides is 2. The molecule has 0 aromatic heterocycles. The number of anilines is 1. The van der Waals surface area contributed by atoms with Gasteiger partial charge in [-0.3, -0.25) is 9.59 Å². The minimum Gasteiger partial charge on any atom is -0.477 e. The lowest BCUT2D eigenvalue weighted by molar-refractivity contribution is -0.139. The van der Waals surface area contributed by atoms with Crippen LogP contribution in [-0.4, -0.2) is 49.0 Å². The number of fused-ring (bicyclic) bond motifs is 1. The Balaban J connectivity index is 1.42. The van der Waals surface area contributed by atoms with Gasteiger partial charge in [0.1, 0.15) is 11.6 Å². The molecule has 2 amide bonds. The molecule has 7 heteroatoms. The highest BCUT2D eigenvalue weighted by molar-refractivity contribution is 5.86. The van der Waals surface area contributed by atoms with E-state index in [9.17, 15) is 14.0 Å². The second-order valence-electron chi connectivity index (χ2n) is 8.20. The Labute approximate surface area is 182 Å². The number of aryl methyl sites for hydroxylation is 1. The Bertz CT molecular complexity index is 959. The fourth-order valence-electron chi connectivity index (χ4n) is 4.08. The first-order valence-corrected chi connectivity index (χ1v) is 10.8. The Hall–Kier alpha value is -3.09. The van der Waals surface area contributed by atoms with Crippen molar-refractivity contribution in [1.29, 1.82) is 0 Å². The third-order valence-electron chi connectivity index (χ3n) is 5.86. The zero-order chi connectivity index (χ0) is 21.8. The molecular formula is C24H28FN3O3. The van der Waals surface area contributed by atoms with Gasteiger partial charge < -0.3 is 19.9 Å². The van der Waals surface area contributed by atoms with Crippen molar-refractivity contribution >= 4 is 17.5 Å². The standard InChI is InChI=1S/C24H28FN3O3/c1-17-9-10-18(13-19(17)25)14-26-23(29)16-28-15-22(24(30)27-11-5-2-6-12-27)31-21-8-4-3-7-20(21)28/h3-4,7-10,13,22H,2,5-6,11-12,14-16H2,1H3,(H,26,29)/t22-/m0/s1. The van der Waals surface area contributed by atoms with E-state index in [2.05, 4.69) is 5.32 Å². The summed E-state index contributed by atoms with van der Waals surface area (Å²) in [5.74, 6) is 0.113. The molecule has 0 spiro atoms. The molecule has 2 aliphatic rings. The molecule has 0 bridgehead atoms. The monoisotopic (exact) mass is 425 g/mol. The smallest absolute Gasteiger partial charge is 0.265 e. The van der Waals surface area contributed by atoms with Gasteiger partial charge in [-0.05, 0) is 55.5 Å². The first-order chi connectivity index (χ1) is 15.0. The van der Waals surface area contributed by atoms with E-state index in [4.69, 9.17) is 4.74 Å². The lowest BCUT2D eigenvalue weighted by atomic mass is 10.1. The Morgan fingerprint density at radius 2 is 1.90 bits per heavy atom. The highest BCUT2D eigenvalue weighted by Gasteiger charge is 2.34. The van der Waals surface area contributed by atoms with Crippen LogP contribution < -0.4 is 15.0 Å². The van der Waals surface area contributed by atoms with Crippen molar-refractivity contribution < 1.29 is 18.7 Å². The summed E-state index contributed by atoms with van der Waals surface area (Å²) in [4.78, 5) is 29.4. The van der Waals surface area contributed by atoms with E-state index in [0.717, 1.165) is 38.0 Å². The summed E-state index contributed by atoms with van der Waals surface area (Å²) < 4.78 is 19.7. The molecular weight excluding hydrogens is 397 g/mol. The minimum absolute atomic E-state index is 0.0188. The maximum atomic E-state index is 13.7. The van der Waals surface area contributed by atoms with Gasteiger partial charge in [0.15, 0.2) is 6.10 Å². The number of rotatable bonds is 5. The van der Waals surface area contributed by atoms with Crippen molar-refractivity contribution in [1.82, 2.24) is 10.2 Å². The fraction of sp³-hybridized carbons (Fsp3) is 0.417. The van der Waals surface area contributed by atoms with Gasteiger partial charge in [-0.2, -0.15) is 0 Å². The number of nitrogens with one attached hydrogen (secondary N) is 1. The number of piperidine rings is 1. The summed E-state index contributed by atoms with van der Waals surface area (Å²) >= 11 is 0. The van der Waals surface area contributed by atoms with Crippen LogP contribution in [0.15, 0.2) is 42.5 Å². The summed E-state index contributed by atoms with van der Waals surface area (Å²) in [6, 6.07) is 12.4. The highest BCUT2D eigenvalue weighted by atomic mass is 19.1. The molecule has 0 radical (unpaired) electrons. The normalized spacial score (nSPS) is 18.2. The van der Waals surface area contributed by atoms with Gasteiger partial charge in [-0.1, -0.05) is 24.3 Å². The van der Waals surface area contributed by atoms with Crippen LogP contribution in [-0.2, 0) is 16.1 Å².